The van der Waals surface area contributed by atoms with E-state index in [2.05, 4.69) is 15.3 Å². The molecule has 0 saturated carbocycles. The van der Waals surface area contributed by atoms with Gasteiger partial charge in [-0.1, -0.05) is 0 Å². The van der Waals surface area contributed by atoms with Crippen molar-refractivity contribution in [1.29, 1.82) is 0 Å². The number of nitrogens with two attached hydrogens (primary N) is 1. The van der Waals surface area contributed by atoms with Gasteiger partial charge in [0.2, 0.25) is 11.8 Å². The van der Waals surface area contributed by atoms with E-state index in [0.717, 1.165) is 5.69 Å². The molecule has 0 saturated heterocycles. The number of hydrogen-bond donors (Lipinski definition) is 2. The highest BCUT2D eigenvalue weighted by atomic mass is 16.5. The predicted molar refractivity (Wildman–Crippen MR) is 50.9 cm³/mol. The summed E-state index contributed by atoms with van der Waals surface area (Å²) in [5.74, 6) is 1.12. The average Bonchev–Trinajstić information content (AvgIpc) is 2.14. The Bertz CT molecular complexity index is 277. The molecule has 3 N–H and O–H groups in total. The third kappa shape index (κ3) is 2.87. The maximum Gasteiger partial charge on any atom is 0.226 e. The number of nitrogens with one attached hydrogen (secondary N) is 1. The number of rotatable bonds is 4. The molecule has 0 spiro atoms. The van der Waals surface area contributed by atoms with E-state index < -0.39 is 0 Å². The molecule has 72 valence electrons. The summed E-state index contributed by atoms with van der Waals surface area (Å²) < 4.78 is 4.99. The Balaban J connectivity index is 2.76. The molecule has 0 aliphatic rings. The quantitative estimate of drug-likeness (QED) is 0.694. The van der Waals surface area contributed by atoms with Crippen LogP contribution in [-0.4, -0.2) is 30.2 Å². The predicted octanol–water partition coefficient (Wildman–Crippen LogP) is 0.164. The highest BCUT2D eigenvalue weighted by Gasteiger charge is 2.00. The summed E-state index contributed by atoms with van der Waals surface area (Å²) in [4.78, 5) is 8.25. The van der Waals surface area contributed by atoms with Crippen LogP contribution in [-0.2, 0) is 0 Å². The van der Waals surface area contributed by atoms with Crippen LogP contribution in [0.1, 0.15) is 5.69 Å². The van der Waals surface area contributed by atoms with E-state index in [4.69, 9.17) is 10.5 Å². The van der Waals surface area contributed by atoms with Crippen LogP contribution in [0.2, 0.25) is 0 Å². The topological polar surface area (TPSA) is 73.1 Å². The lowest BCUT2D eigenvalue weighted by molar-refractivity contribution is 0.397. The molecule has 1 aromatic rings. The first-order valence-corrected chi connectivity index (χ1v) is 4.10. The minimum Gasteiger partial charge on any atom is -0.481 e. The monoisotopic (exact) mass is 182 g/mol. The highest BCUT2D eigenvalue weighted by molar-refractivity contribution is 5.30. The molecule has 1 aromatic heterocycles. The Morgan fingerprint density at radius 3 is 2.92 bits per heavy atom. The van der Waals surface area contributed by atoms with E-state index in [1.807, 2.05) is 6.92 Å². The molecular formula is C8H14N4O. The Morgan fingerprint density at radius 1 is 1.54 bits per heavy atom. The van der Waals surface area contributed by atoms with Crippen molar-refractivity contribution in [3.63, 3.8) is 0 Å². The van der Waals surface area contributed by atoms with Crippen LogP contribution in [0.3, 0.4) is 0 Å². The number of aryl methyl sites for hydroxylation is 1. The van der Waals surface area contributed by atoms with Crippen molar-refractivity contribution in [3.8, 4) is 5.88 Å². The van der Waals surface area contributed by atoms with E-state index in [-0.39, 0.29) is 0 Å². The van der Waals surface area contributed by atoms with E-state index in [1.165, 1.54) is 0 Å². The summed E-state index contributed by atoms with van der Waals surface area (Å²) >= 11 is 0. The van der Waals surface area contributed by atoms with Crippen molar-refractivity contribution >= 4 is 5.95 Å². The largest absolute Gasteiger partial charge is 0.481 e. The van der Waals surface area contributed by atoms with Crippen LogP contribution in [0.15, 0.2) is 6.07 Å². The van der Waals surface area contributed by atoms with Gasteiger partial charge in [0.15, 0.2) is 0 Å². The van der Waals surface area contributed by atoms with Gasteiger partial charge in [0.25, 0.3) is 0 Å². The average molecular weight is 182 g/mol. The summed E-state index contributed by atoms with van der Waals surface area (Å²) in [6.07, 6.45) is 0. The SMILES string of the molecule is COc1cc(C)nc(NCCN)n1. The fraction of sp³-hybridized carbons (Fsp3) is 0.500. The fourth-order valence-corrected chi connectivity index (χ4v) is 0.907. The lowest BCUT2D eigenvalue weighted by Gasteiger charge is -2.05. The molecule has 0 unspecified atom stereocenters. The van der Waals surface area contributed by atoms with Crippen molar-refractivity contribution in [3.05, 3.63) is 11.8 Å². The molecule has 0 bridgehead atoms. The van der Waals surface area contributed by atoms with Crippen molar-refractivity contribution in [2.75, 3.05) is 25.5 Å². The third-order valence-electron chi connectivity index (χ3n) is 1.47. The van der Waals surface area contributed by atoms with E-state index >= 15 is 0 Å². The molecule has 0 atom stereocenters. The van der Waals surface area contributed by atoms with Gasteiger partial charge >= 0.3 is 0 Å². The van der Waals surface area contributed by atoms with Gasteiger partial charge in [0, 0.05) is 24.8 Å². The van der Waals surface area contributed by atoms with Gasteiger partial charge in [-0.05, 0) is 6.92 Å². The molecule has 13 heavy (non-hydrogen) atoms. The van der Waals surface area contributed by atoms with Gasteiger partial charge in [-0.2, -0.15) is 4.98 Å². The summed E-state index contributed by atoms with van der Waals surface area (Å²) in [7, 11) is 1.58. The second kappa shape index (κ2) is 4.61. The van der Waals surface area contributed by atoms with E-state index in [9.17, 15) is 0 Å². The van der Waals surface area contributed by atoms with E-state index in [0.29, 0.717) is 24.9 Å². The van der Waals surface area contributed by atoms with Gasteiger partial charge < -0.3 is 15.8 Å². The first kappa shape index (κ1) is 9.73. The lowest BCUT2D eigenvalue weighted by atomic mass is 10.4. The summed E-state index contributed by atoms with van der Waals surface area (Å²) in [6, 6.07) is 1.77. The number of nitrogens with zero attached hydrogens (tertiary/aromatic N) is 2. The van der Waals surface area contributed by atoms with Crippen LogP contribution in [0.4, 0.5) is 5.95 Å². The van der Waals surface area contributed by atoms with Crippen LogP contribution < -0.4 is 15.8 Å². The Hall–Kier alpha value is -1.36. The number of methoxy groups -OCH3 is 1. The third-order valence-corrected chi connectivity index (χ3v) is 1.47. The van der Waals surface area contributed by atoms with Crippen LogP contribution >= 0.6 is 0 Å². The zero-order valence-corrected chi connectivity index (χ0v) is 7.87. The van der Waals surface area contributed by atoms with Crippen LogP contribution in [0.25, 0.3) is 0 Å². The molecule has 5 heteroatoms. The Kier molecular flexibility index (Phi) is 3.45. The molecular weight excluding hydrogens is 168 g/mol. The zero-order chi connectivity index (χ0) is 9.68. The molecule has 5 nitrogen and oxygen atoms in total. The maximum absolute atomic E-state index is 5.34. The minimum atomic E-state index is 0.555. The van der Waals surface area contributed by atoms with Gasteiger partial charge in [-0.25, -0.2) is 4.98 Å². The summed E-state index contributed by atoms with van der Waals surface area (Å²) in [5, 5.41) is 2.98. The van der Waals surface area contributed by atoms with Gasteiger partial charge in [-0.15, -0.1) is 0 Å². The summed E-state index contributed by atoms with van der Waals surface area (Å²) in [6.45, 7) is 3.10. The molecule has 0 aromatic carbocycles. The zero-order valence-electron chi connectivity index (χ0n) is 7.87. The molecule has 0 fully saturated rings. The summed E-state index contributed by atoms with van der Waals surface area (Å²) in [5.41, 5.74) is 6.20. The number of hydrogen-bond acceptors (Lipinski definition) is 5. The van der Waals surface area contributed by atoms with Crippen molar-refractivity contribution in [1.82, 2.24) is 9.97 Å². The lowest BCUT2D eigenvalue weighted by Crippen LogP contribution is -2.15. The van der Waals surface area contributed by atoms with E-state index in [1.54, 1.807) is 13.2 Å². The van der Waals surface area contributed by atoms with Crippen molar-refractivity contribution in [2.45, 2.75) is 6.92 Å². The smallest absolute Gasteiger partial charge is 0.226 e. The van der Waals surface area contributed by atoms with Crippen molar-refractivity contribution in [2.24, 2.45) is 5.73 Å². The van der Waals surface area contributed by atoms with Gasteiger partial charge in [0.1, 0.15) is 0 Å². The normalized spacial score (nSPS) is 9.77. The Morgan fingerprint density at radius 2 is 2.31 bits per heavy atom. The molecule has 1 rings (SSSR count). The van der Waals surface area contributed by atoms with Crippen LogP contribution in [0.5, 0.6) is 5.88 Å². The molecule has 1 heterocycles. The Labute approximate surface area is 77.3 Å². The van der Waals surface area contributed by atoms with Crippen LogP contribution in [0, 0.1) is 6.92 Å². The fourth-order valence-electron chi connectivity index (χ4n) is 0.907. The number of aromatic nitrogens is 2. The van der Waals surface area contributed by atoms with Gasteiger partial charge in [-0.3, -0.25) is 0 Å². The first-order chi connectivity index (χ1) is 6.26. The molecule has 0 radical (unpaired) electrons. The minimum absolute atomic E-state index is 0.555. The van der Waals surface area contributed by atoms with Crippen molar-refractivity contribution < 1.29 is 4.74 Å². The maximum atomic E-state index is 5.34. The van der Waals surface area contributed by atoms with Gasteiger partial charge in [0.05, 0.1) is 7.11 Å². The molecule has 0 aliphatic heterocycles. The molecule has 0 aliphatic carbocycles. The first-order valence-electron chi connectivity index (χ1n) is 4.10. The second-order valence-electron chi connectivity index (χ2n) is 2.59. The second-order valence-corrected chi connectivity index (χ2v) is 2.59. The highest BCUT2D eigenvalue weighted by Crippen LogP contribution is 2.10. The molecule has 0 amide bonds. The standard InChI is InChI=1S/C8H14N4O/c1-6-5-7(13-2)12-8(11-6)10-4-3-9/h5H,3-4,9H2,1-2H3,(H,10,11,12). The number of anilines is 1. The number of ether oxygens (including phenoxy) is 1.